The molecule has 3 rings (SSSR count). The van der Waals surface area contributed by atoms with Gasteiger partial charge in [-0.25, -0.2) is 13.2 Å². The Kier molecular flexibility index (Phi) is 4.68. The minimum absolute atomic E-state index is 0.131. The van der Waals surface area contributed by atoms with Crippen LogP contribution in [0.1, 0.15) is 44.7 Å². The maximum absolute atomic E-state index is 14.6. The smallest absolute Gasteiger partial charge is 0.258 e. The average Bonchev–Trinajstić information content (AvgIpc) is 3.17. The van der Waals surface area contributed by atoms with Crippen LogP contribution in [0.3, 0.4) is 0 Å². The van der Waals surface area contributed by atoms with Crippen LogP contribution in [0.4, 0.5) is 13.2 Å². The second kappa shape index (κ2) is 6.30. The number of carbonyl (C=O) groups is 1. The summed E-state index contributed by atoms with van der Waals surface area (Å²) in [6.07, 6.45) is -0.0674. The molecule has 26 heavy (non-hydrogen) atoms. The SMILES string of the molecule is CC1(C)C[C@@](C)(c2cc(CC(=O)C3CC3(F)F)ccc2F)NC(=S)CO1. The molecule has 1 heterocycles. The molecule has 1 N–H and O–H groups in total. The minimum Gasteiger partial charge on any atom is -0.368 e. The van der Waals surface area contributed by atoms with Crippen molar-refractivity contribution in [2.24, 2.45) is 5.92 Å². The van der Waals surface area contributed by atoms with Gasteiger partial charge in [-0.1, -0.05) is 24.4 Å². The number of rotatable bonds is 4. The zero-order valence-electron chi connectivity index (χ0n) is 15.0. The van der Waals surface area contributed by atoms with Crippen LogP contribution in [-0.2, 0) is 21.5 Å². The summed E-state index contributed by atoms with van der Waals surface area (Å²) < 4.78 is 46.6. The summed E-state index contributed by atoms with van der Waals surface area (Å²) in [5.74, 6) is -5.04. The highest BCUT2D eigenvalue weighted by molar-refractivity contribution is 7.80. The van der Waals surface area contributed by atoms with Gasteiger partial charge in [0.2, 0.25) is 0 Å². The van der Waals surface area contributed by atoms with Crippen molar-refractivity contribution >= 4 is 23.0 Å². The van der Waals surface area contributed by atoms with Gasteiger partial charge in [-0.3, -0.25) is 4.79 Å². The molecule has 1 saturated carbocycles. The summed E-state index contributed by atoms with van der Waals surface area (Å²) in [5.41, 5.74) is -0.488. The largest absolute Gasteiger partial charge is 0.368 e. The van der Waals surface area contributed by atoms with Gasteiger partial charge in [-0.05, 0) is 32.4 Å². The van der Waals surface area contributed by atoms with E-state index in [1.165, 1.54) is 12.1 Å². The molecule has 1 aromatic carbocycles. The van der Waals surface area contributed by atoms with E-state index in [0.29, 0.717) is 22.5 Å². The Morgan fingerprint density at radius 2 is 2.00 bits per heavy atom. The van der Waals surface area contributed by atoms with Gasteiger partial charge < -0.3 is 10.1 Å². The third-order valence-corrected chi connectivity index (χ3v) is 5.23. The number of ketones is 1. The Bertz CT molecular complexity index is 765. The van der Waals surface area contributed by atoms with Crippen molar-refractivity contribution < 1.29 is 22.7 Å². The first kappa shape index (κ1) is 19.3. The quantitative estimate of drug-likeness (QED) is 0.798. The molecule has 1 aliphatic heterocycles. The Labute approximate surface area is 156 Å². The fraction of sp³-hybridized carbons (Fsp3) is 0.579. The molecule has 2 aliphatic rings. The summed E-state index contributed by atoms with van der Waals surface area (Å²) in [6, 6.07) is 4.32. The molecule has 0 radical (unpaired) electrons. The third kappa shape index (κ3) is 3.93. The predicted molar refractivity (Wildman–Crippen MR) is 95.9 cm³/mol. The first-order valence-corrected chi connectivity index (χ1v) is 8.97. The lowest BCUT2D eigenvalue weighted by Gasteiger charge is -2.35. The lowest BCUT2D eigenvalue weighted by Crippen LogP contribution is -2.45. The summed E-state index contributed by atoms with van der Waals surface area (Å²) in [4.78, 5) is 12.5. The Morgan fingerprint density at radius 1 is 1.35 bits per heavy atom. The van der Waals surface area contributed by atoms with Gasteiger partial charge in [0, 0.05) is 24.8 Å². The summed E-state index contributed by atoms with van der Waals surface area (Å²) in [5, 5.41) is 3.16. The molecule has 0 spiro atoms. The number of hydrogen-bond acceptors (Lipinski definition) is 3. The van der Waals surface area contributed by atoms with Gasteiger partial charge in [-0.15, -0.1) is 0 Å². The van der Waals surface area contributed by atoms with E-state index in [0.717, 1.165) is 0 Å². The van der Waals surface area contributed by atoms with E-state index in [2.05, 4.69) is 5.32 Å². The van der Waals surface area contributed by atoms with Crippen molar-refractivity contribution in [2.75, 3.05) is 6.61 Å². The fourth-order valence-corrected chi connectivity index (χ4v) is 3.99. The Balaban J connectivity index is 1.89. The van der Waals surface area contributed by atoms with Crippen LogP contribution in [0, 0.1) is 11.7 Å². The number of thiocarbonyl (C=S) groups is 1. The number of alkyl halides is 2. The first-order valence-electron chi connectivity index (χ1n) is 8.56. The van der Waals surface area contributed by atoms with Crippen molar-refractivity contribution in [1.82, 2.24) is 5.32 Å². The van der Waals surface area contributed by atoms with Crippen molar-refractivity contribution in [3.63, 3.8) is 0 Å². The van der Waals surface area contributed by atoms with Crippen molar-refractivity contribution in [1.29, 1.82) is 0 Å². The van der Waals surface area contributed by atoms with E-state index < -0.39 is 34.6 Å². The van der Waals surface area contributed by atoms with Gasteiger partial charge in [0.05, 0.1) is 23.7 Å². The standard InChI is InChI=1S/C19H22F3NO2S/c1-17(2)10-18(3,23-16(26)9-25-17)12-6-11(4-5-14(12)20)7-15(24)13-8-19(13,21)22/h4-6,13H,7-10H2,1-3H3,(H,23,26)/t13?,18-/m0/s1. The molecule has 0 aromatic heterocycles. The summed E-state index contributed by atoms with van der Waals surface area (Å²) in [6.45, 7) is 5.88. The number of benzene rings is 1. The van der Waals surface area contributed by atoms with E-state index in [1.807, 2.05) is 20.8 Å². The highest BCUT2D eigenvalue weighted by atomic mass is 32.1. The van der Waals surface area contributed by atoms with Gasteiger partial charge in [0.25, 0.3) is 5.92 Å². The monoisotopic (exact) mass is 385 g/mol. The van der Waals surface area contributed by atoms with Crippen LogP contribution >= 0.6 is 12.2 Å². The topological polar surface area (TPSA) is 38.3 Å². The molecule has 1 unspecified atom stereocenters. The molecular weight excluding hydrogens is 363 g/mol. The van der Waals surface area contributed by atoms with Crippen LogP contribution in [0.2, 0.25) is 0 Å². The zero-order chi connectivity index (χ0) is 19.3. The van der Waals surface area contributed by atoms with Crippen LogP contribution < -0.4 is 5.32 Å². The molecule has 0 bridgehead atoms. The molecule has 3 nitrogen and oxygen atoms in total. The number of carbonyl (C=O) groups excluding carboxylic acids is 1. The van der Waals surface area contributed by atoms with Crippen LogP contribution in [0.15, 0.2) is 18.2 Å². The molecule has 2 fully saturated rings. The molecule has 142 valence electrons. The number of halogens is 3. The van der Waals surface area contributed by atoms with Crippen LogP contribution in [-0.4, -0.2) is 28.9 Å². The van der Waals surface area contributed by atoms with E-state index in [9.17, 15) is 18.0 Å². The van der Waals surface area contributed by atoms with Gasteiger partial charge >= 0.3 is 0 Å². The van der Waals surface area contributed by atoms with Crippen molar-refractivity contribution in [2.45, 2.75) is 57.1 Å². The highest BCUT2D eigenvalue weighted by Crippen LogP contribution is 2.49. The number of Topliss-reactive ketones (excluding diaryl/α,β-unsaturated/α-hetero) is 1. The lowest BCUT2D eigenvalue weighted by molar-refractivity contribution is -0.121. The molecule has 1 aliphatic carbocycles. The Morgan fingerprint density at radius 3 is 2.62 bits per heavy atom. The molecule has 1 saturated heterocycles. The molecular formula is C19H22F3NO2S. The van der Waals surface area contributed by atoms with Gasteiger partial charge in [0.1, 0.15) is 16.6 Å². The number of nitrogens with one attached hydrogen (secondary N) is 1. The second-order valence-electron chi connectivity index (χ2n) is 8.08. The molecule has 0 amide bonds. The van der Waals surface area contributed by atoms with Crippen molar-refractivity contribution in [3.8, 4) is 0 Å². The van der Waals surface area contributed by atoms with Crippen molar-refractivity contribution in [3.05, 3.63) is 35.1 Å². The third-order valence-electron chi connectivity index (χ3n) is 5.01. The average molecular weight is 385 g/mol. The van der Waals surface area contributed by atoms with Gasteiger partial charge in [-0.2, -0.15) is 0 Å². The minimum atomic E-state index is -2.89. The molecule has 7 heteroatoms. The maximum Gasteiger partial charge on any atom is 0.258 e. The van der Waals surface area contributed by atoms with E-state index >= 15 is 0 Å². The van der Waals surface area contributed by atoms with Crippen LogP contribution in [0.25, 0.3) is 0 Å². The number of hydrogen-bond donors (Lipinski definition) is 1. The van der Waals surface area contributed by atoms with Gasteiger partial charge in [0.15, 0.2) is 0 Å². The van der Waals surface area contributed by atoms with E-state index in [-0.39, 0.29) is 19.4 Å². The Hall–Kier alpha value is -1.47. The fourth-order valence-electron chi connectivity index (χ4n) is 3.71. The number of ether oxygens (including phenoxy) is 1. The second-order valence-corrected chi connectivity index (χ2v) is 8.57. The van der Waals surface area contributed by atoms with E-state index in [4.69, 9.17) is 17.0 Å². The summed E-state index contributed by atoms with van der Waals surface area (Å²) in [7, 11) is 0. The van der Waals surface area contributed by atoms with Crippen LogP contribution in [0.5, 0.6) is 0 Å². The zero-order valence-corrected chi connectivity index (χ0v) is 15.8. The normalized spacial score (nSPS) is 29.6. The predicted octanol–water partition coefficient (Wildman–Crippen LogP) is 3.92. The molecule has 2 atom stereocenters. The highest BCUT2D eigenvalue weighted by Gasteiger charge is 2.60. The lowest BCUT2D eigenvalue weighted by atomic mass is 9.81. The first-order chi connectivity index (χ1) is 11.9. The molecule has 1 aromatic rings. The van der Waals surface area contributed by atoms with E-state index in [1.54, 1.807) is 6.07 Å². The maximum atomic E-state index is 14.6. The summed E-state index contributed by atoms with van der Waals surface area (Å²) >= 11 is 5.26.